The molecule has 1 saturated heterocycles. The molecule has 19 heavy (non-hydrogen) atoms. The zero-order chi connectivity index (χ0) is 13.7. The van der Waals surface area contributed by atoms with Crippen LogP contribution in [0.2, 0.25) is 0 Å². The third-order valence-electron chi connectivity index (χ3n) is 3.14. The maximum absolute atomic E-state index is 11.9. The van der Waals surface area contributed by atoms with Crippen LogP contribution in [0.15, 0.2) is 29.4 Å². The van der Waals surface area contributed by atoms with Crippen LogP contribution in [0, 0.1) is 17.2 Å². The Morgan fingerprint density at radius 3 is 2.84 bits per heavy atom. The lowest BCUT2D eigenvalue weighted by Crippen LogP contribution is -2.24. The van der Waals surface area contributed by atoms with E-state index in [0.29, 0.717) is 25.9 Å². The lowest BCUT2D eigenvalue weighted by Gasteiger charge is -2.16. The molecule has 1 atom stereocenters. The molecule has 1 heterocycles. The number of amides is 1. The number of anilines is 1. The van der Waals surface area contributed by atoms with E-state index in [1.807, 2.05) is 24.3 Å². The molecule has 96 valence electrons. The Balaban J connectivity index is 2.07. The molecule has 0 radical (unpaired) electrons. The van der Waals surface area contributed by atoms with Crippen LogP contribution in [0.25, 0.3) is 10.4 Å². The number of carbonyl (C=O) groups is 1. The van der Waals surface area contributed by atoms with Gasteiger partial charge in [-0.2, -0.15) is 5.26 Å². The Morgan fingerprint density at radius 2 is 2.21 bits per heavy atom. The molecule has 0 bridgehead atoms. The summed E-state index contributed by atoms with van der Waals surface area (Å²) in [6, 6.07) is 9.49. The second-order valence-electron chi connectivity index (χ2n) is 4.49. The number of hydrogen-bond acceptors (Lipinski definition) is 3. The van der Waals surface area contributed by atoms with Gasteiger partial charge in [0.1, 0.15) is 0 Å². The molecule has 1 amide bonds. The van der Waals surface area contributed by atoms with Gasteiger partial charge in [0.2, 0.25) is 5.91 Å². The smallest absolute Gasteiger partial charge is 0.227 e. The van der Waals surface area contributed by atoms with Crippen LogP contribution >= 0.6 is 0 Å². The second kappa shape index (κ2) is 5.89. The van der Waals surface area contributed by atoms with Crippen molar-refractivity contribution in [1.29, 1.82) is 5.26 Å². The highest BCUT2D eigenvalue weighted by Crippen LogP contribution is 2.25. The summed E-state index contributed by atoms with van der Waals surface area (Å²) in [7, 11) is 0. The zero-order valence-corrected chi connectivity index (χ0v) is 10.4. The quantitative estimate of drug-likeness (QED) is 0.469. The lowest BCUT2D eigenvalue weighted by molar-refractivity contribution is -0.117. The zero-order valence-electron chi connectivity index (χ0n) is 10.4. The van der Waals surface area contributed by atoms with Gasteiger partial charge in [0, 0.05) is 30.1 Å². The van der Waals surface area contributed by atoms with Gasteiger partial charge in [0.25, 0.3) is 0 Å². The highest BCUT2D eigenvalue weighted by Gasteiger charge is 2.29. The number of carbonyl (C=O) groups excluding carboxylic acids is 1. The fraction of sp³-hybridized carbons (Fsp3) is 0.385. The Kier molecular flexibility index (Phi) is 4.01. The summed E-state index contributed by atoms with van der Waals surface area (Å²) < 4.78 is 0. The molecule has 2 rings (SSSR count). The van der Waals surface area contributed by atoms with E-state index in [9.17, 15) is 4.79 Å². The van der Waals surface area contributed by atoms with Crippen LogP contribution in [-0.2, 0) is 11.2 Å². The summed E-state index contributed by atoms with van der Waals surface area (Å²) >= 11 is 0. The van der Waals surface area contributed by atoms with E-state index in [2.05, 4.69) is 16.1 Å². The Bertz CT molecular complexity index is 553. The topological polar surface area (TPSA) is 92.9 Å². The van der Waals surface area contributed by atoms with Crippen molar-refractivity contribution in [3.05, 3.63) is 40.3 Å². The van der Waals surface area contributed by atoms with Crippen LogP contribution < -0.4 is 4.90 Å². The molecule has 0 saturated carbocycles. The average Bonchev–Trinajstić information content (AvgIpc) is 2.79. The first-order valence-electron chi connectivity index (χ1n) is 6.01. The number of nitriles is 1. The molecule has 0 N–H and O–H groups in total. The van der Waals surface area contributed by atoms with Crippen LogP contribution in [0.1, 0.15) is 12.0 Å². The fourth-order valence-corrected chi connectivity index (χ4v) is 2.19. The number of azide groups is 1. The Labute approximate surface area is 110 Å². The van der Waals surface area contributed by atoms with Crippen LogP contribution in [0.5, 0.6) is 0 Å². The molecule has 0 aliphatic carbocycles. The molecular weight excluding hydrogens is 242 g/mol. The van der Waals surface area contributed by atoms with Crippen LogP contribution in [0.3, 0.4) is 0 Å². The third kappa shape index (κ3) is 3.03. The van der Waals surface area contributed by atoms with Gasteiger partial charge in [-0.15, -0.1) is 0 Å². The highest BCUT2D eigenvalue weighted by atomic mass is 16.2. The van der Waals surface area contributed by atoms with Crippen molar-refractivity contribution < 1.29 is 4.79 Å². The second-order valence-corrected chi connectivity index (χ2v) is 4.49. The molecule has 1 fully saturated rings. The van der Waals surface area contributed by atoms with Gasteiger partial charge >= 0.3 is 0 Å². The van der Waals surface area contributed by atoms with Crippen molar-refractivity contribution in [2.24, 2.45) is 11.0 Å². The molecule has 1 aromatic carbocycles. The minimum atomic E-state index is 0.0474. The lowest BCUT2D eigenvalue weighted by atomic mass is 10.1. The van der Waals surface area contributed by atoms with Gasteiger partial charge in [-0.3, -0.25) is 4.79 Å². The summed E-state index contributed by atoms with van der Waals surface area (Å²) in [6.45, 7) is 0.931. The SMILES string of the molecule is N#CCc1ccc(N2CC(CN=[N+]=[N-])CC2=O)cc1. The predicted octanol–water partition coefficient (Wildman–Crippen LogP) is 2.42. The summed E-state index contributed by atoms with van der Waals surface area (Å²) in [5.41, 5.74) is 10.1. The Hall–Kier alpha value is -2.51. The van der Waals surface area contributed by atoms with Crippen LogP contribution in [-0.4, -0.2) is 19.0 Å². The number of rotatable bonds is 4. The van der Waals surface area contributed by atoms with Crippen molar-refractivity contribution in [3.63, 3.8) is 0 Å². The summed E-state index contributed by atoms with van der Waals surface area (Å²) in [4.78, 5) is 16.3. The molecule has 1 aliphatic heterocycles. The summed E-state index contributed by atoms with van der Waals surface area (Å²) in [5.74, 6) is 0.133. The van der Waals surface area contributed by atoms with Gasteiger partial charge in [-0.05, 0) is 29.1 Å². The normalized spacial score (nSPS) is 17.9. The largest absolute Gasteiger partial charge is 0.312 e. The molecular formula is C13H13N5O. The van der Waals surface area contributed by atoms with E-state index in [1.54, 1.807) is 4.90 Å². The monoisotopic (exact) mass is 255 g/mol. The number of nitrogens with zero attached hydrogens (tertiary/aromatic N) is 5. The molecule has 6 heteroatoms. The summed E-state index contributed by atoms with van der Waals surface area (Å²) in [5, 5.41) is 12.1. The number of benzene rings is 1. The van der Waals surface area contributed by atoms with Gasteiger partial charge in [0.05, 0.1) is 12.5 Å². The molecule has 1 aliphatic rings. The molecule has 6 nitrogen and oxygen atoms in total. The van der Waals surface area contributed by atoms with Crippen molar-refractivity contribution in [1.82, 2.24) is 0 Å². The first-order chi connectivity index (χ1) is 9.24. The van der Waals surface area contributed by atoms with Gasteiger partial charge in [0.15, 0.2) is 0 Å². The van der Waals surface area contributed by atoms with E-state index in [-0.39, 0.29) is 11.8 Å². The number of hydrogen-bond donors (Lipinski definition) is 0. The molecule has 0 spiro atoms. The van der Waals surface area contributed by atoms with Crippen molar-refractivity contribution in [3.8, 4) is 6.07 Å². The maximum Gasteiger partial charge on any atom is 0.227 e. The molecule has 1 unspecified atom stereocenters. The Morgan fingerprint density at radius 1 is 1.47 bits per heavy atom. The van der Waals surface area contributed by atoms with E-state index in [4.69, 9.17) is 10.8 Å². The van der Waals surface area contributed by atoms with E-state index in [0.717, 1.165) is 11.3 Å². The van der Waals surface area contributed by atoms with E-state index >= 15 is 0 Å². The summed E-state index contributed by atoms with van der Waals surface area (Å²) in [6.07, 6.45) is 0.784. The van der Waals surface area contributed by atoms with Crippen molar-refractivity contribution in [2.45, 2.75) is 12.8 Å². The first kappa shape index (κ1) is 12.9. The van der Waals surface area contributed by atoms with E-state index < -0.39 is 0 Å². The van der Waals surface area contributed by atoms with E-state index in [1.165, 1.54) is 0 Å². The van der Waals surface area contributed by atoms with Crippen LogP contribution in [0.4, 0.5) is 5.69 Å². The average molecular weight is 255 g/mol. The highest BCUT2D eigenvalue weighted by molar-refractivity contribution is 5.95. The first-order valence-corrected chi connectivity index (χ1v) is 6.01. The maximum atomic E-state index is 11.9. The van der Waals surface area contributed by atoms with Gasteiger partial charge in [-0.25, -0.2) is 0 Å². The minimum absolute atomic E-state index is 0.0474. The minimum Gasteiger partial charge on any atom is -0.312 e. The van der Waals surface area contributed by atoms with Crippen molar-refractivity contribution >= 4 is 11.6 Å². The third-order valence-corrected chi connectivity index (χ3v) is 3.14. The van der Waals surface area contributed by atoms with Gasteiger partial charge < -0.3 is 4.90 Å². The molecule has 0 aromatic heterocycles. The van der Waals surface area contributed by atoms with Crippen molar-refractivity contribution in [2.75, 3.05) is 18.0 Å². The van der Waals surface area contributed by atoms with Gasteiger partial charge in [-0.1, -0.05) is 17.2 Å². The molecule has 1 aromatic rings. The fourth-order valence-electron chi connectivity index (χ4n) is 2.19. The standard InChI is InChI=1S/C13H13N5O/c14-6-5-10-1-3-12(4-2-10)18-9-11(7-13(18)19)8-16-17-15/h1-4,11H,5,7-9H2. The predicted molar refractivity (Wildman–Crippen MR) is 70.2 cm³/mol.